The van der Waals surface area contributed by atoms with E-state index in [1.165, 1.54) is 55.6 Å². The van der Waals surface area contributed by atoms with Gasteiger partial charge in [0.2, 0.25) is 0 Å². The van der Waals surface area contributed by atoms with Crippen molar-refractivity contribution in [3.63, 3.8) is 0 Å². The monoisotopic (exact) mass is 638 g/mol. The van der Waals surface area contributed by atoms with Crippen LogP contribution in [0.25, 0.3) is 55.3 Å². The highest BCUT2D eigenvalue weighted by molar-refractivity contribution is 9.10. The van der Waals surface area contributed by atoms with Gasteiger partial charge >= 0.3 is 0 Å². The van der Waals surface area contributed by atoms with E-state index in [0.29, 0.717) is 0 Å². The highest BCUT2D eigenvalue weighted by Crippen LogP contribution is 2.63. The third-order valence-corrected chi connectivity index (χ3v) is 9.81. The average Bonchev–Trinajstić information content (AvgIpc) is 3.48. The molecule has 0 amide bonds. The molecule has 188 valence electrons. The van der Waals surface area contributed by atoms with Crippen LogP contribution >= 0.6 is 31.9 Å². The first-order valence-corrected chi connectivity index (χ1v) is 15.0. The van der Waals surface area contributed by atoms with Crippen LogP contribution in [0.15, 0.2) is 135 Å². The van der Waals surface area contributed by atoms with Crippen molar-refractivity contribution in [2.45, 2.75) is 5.41 Å². The summed E-state index contributed by atoms with van der Waals surface area (Å²) in [6.45, 7) is 0. The van der Waals surface area contributed by atoms with E-state index in [9.17, 15) is 0 Å². The summed E-state index contributed by atoms with van der Waals surface area (Å²) in [7, 11) is 0. The Bertz CT molecular complexity index is 2130. The average molecular weight is 640 g/mol. The third kappa shape index (κ3) is 2.77. The Morgan fingerprint density at radius 2 is 1.00 bits per heavy atom. The van der Waals surface area contributed by atoms with Crippen molar-refractivity contribution in [2.24, 2.45) is 0 Å². The number of fused-ring (bicyclic) bond motifs is 16. The van der Waals surface area contributed by atoms with E-state index in [0.717, 1.165) is 30.9 Å². The zero-order chi connectivity index (χ0) is 26.6. The van der Waals surface area contributed by atoms with Crippen LogP contribution in [0.2, 0.25) is 0 Å². The standard InChI is InChI=1S/C37H20Br2O/c38-21-13-15-26-23-7-1-2-8-24(23)27-16-14-22(39)20-33(27)37(32(26)19-21)31-11-5-3-9-25(31)29-17-18-30-28-10-4-6-12-34(28)40-36(30)35(29)37/h1-20H. The lowest BCUT2D eigenvalue weighted by Gasteiger charge is -2.35. The molecule has 0 bridgehead atoms. The topological polar surface area (TPSA) is 13.1 Å². The highest BCUT2D eigenvalue weighted by Gasteiger charge is 2.51. The largest absolute Gasteiger partial charge is 0.456 e. The van der Waals surface area contributed by atoms with E-state index in [2.05, 4.69) is 153 Å². The molecule has 0 radical (unpaired) electrons. The van der Waals surface area contributed by atoms with Gasteiger partial charge in [-0.1, -0.05) is 117 Å². The first kappa shape index (κ1) is 22.9. The van der Waals surface area contributed by atoms with Gasteiger partial charge in [-0.3, -0.25) is 0 Å². The zero-order valence-electron chi connectivity index (χ0n) is 21.2. The molecule has 7 aromatic rings. The number of rotatable bonds is 0. The minimum atomic E-state index is -0.601. The van der Waals surface area contributed by atoms with E-state index in [4.69, 9.17) is 4.42 Å². The van der Waals surface area contributed by atoms with Crippen molar-refractivity contribution < 1.29 is 4.42 Å². The number of halogens is 2. The van der Waals surface area contributed by atoms with Gasteiger partial charge in [0.1, 0.15) is 11.2 Å². The van der Waals surface area contributed by atoms with Crippen molar-refractivity contribution in [1.29, 1.82) is 0 Å². The van der Waals surface area contributed by atoms with Gasteiger partial charge in [0, 0.05) is 25.3 Å². The Balaban J connectivity index is 1.60. The molecule has 2 aliphatic rings. The summed E-state index contributed by atoms with van der Waals surface area (Å²) in [6, 6.07) is 44.2. The molecule has 1 aromatic heterocycles. The van der Waals surface area contributed by atoms with Crippen molar-refractivity contribution in [3.05, 3.63) is 153 Å². The predicted molar refractivity (Wildman–Crippen MR) is 171 cm³/mol. The van der Waals surface area contributed by atoms with Crippen LogP contribution < -0.4 is 0 Å². The van der Waals surface area contributed by atoms with Crippen LogP contribution in [0.5, 0.6) is 0 Å². The maximum atomic E-state index is 6.84. The first-order chi connectivity index (χ1) is 19.7. The Hall–Kier alpha value is -3.92. The third-order valence-electron chi connectivity index (χ3n) is 8.82. The lowest BCUT2D eigenvalue weighted by atomic mass is 9.65. The molecule has 1 nitrogen and oxygen atoms in total. The number of para-hydroxylation sites is 1. The first-order valence-electron chi connectivity index (χ1n) is 13.4. The summed E-state index contributed by atoms with van der Waals surface area (Å²) in [4.78, 5) is 0. The summed E-state index contributed by atoms with van der Waals surface area (Å²) in [5.74, 6) is 0. The number of hydrogen-bond acceptors (Lipinski definition) is 1. The molecule has 9 rings (SSSR count). The zero-order valence-corrected chi connectivity index (χ0v) is 24.4. The van der Waals surface area contributed by atoms with Gasteiger partial charge in [-0.05, 0) is 86.5 Å². The lowest BCUT2D eigenvalue weighted by Crippen LogP contribution is -2.29. The van der Waals surface area contributed by atoms with Gasteiger partial charge in [0.05, 0.1) is 5.41 Å². The van der Waals surface area contributed by atoms with E-state index >= 15 is 0 Å². The summed E-state index contributed by atoms with van der Waals surface area (Å²) >= 11 is 7.73. The minimum Gasteiger partial charge on any atom is -0.456 e. The molecule has 0 saturated heterocycles. The summed E-state index contributed by atoms with van der Waals surface area (Å²) in [6.07, 6.45) is 0. The fraction of sp³-hybridized carbons (Fsp3) is 0.0270. The summed E-state index contributed by atoms with van der Waals surface area (Å²) in [5.41, 5.74) is 13.7. The molecule has 0 atom stereocenters. The fourth-order valence-electron chi connectivity index (χ4n) is 7.35. The second-order valence-corrected chi connectivity index (χ2v) is 12.5. The molecule has 0 unspecified atom stereocenters. The SMILES string of the molecule is Brc1ccc2c(c1)C1(c3cc(Br)ccc3-c3ccccc3-2)c2ccccc2-c2ccc3c(oc4ccccc43)c21. The molecule has 0 saturated carbocycles. The molecule has 40 heavy (non-hydrogen) atoms. The van der Waals surface area contributed by atoms with Crippen LogP contribution in [0.4, 0.5) is 0 Å². The second-order valence-electron chi connectivity index (χ2n) is 10.7. The molecule has 0 fully saturated rings. The molecular weight excluding hydrogens is 620 g/mol. The van der Waals surface area contributed by atoms with Crippen molar-refractivity contribution >= 4 is 53.8 Å². The van der Waals surface area contributed by atoms with Gasteiger partial charge < -0.3 is 4.42 Å². The Kier molecular flexibility index (Phi) is 4.61. The van der Waals surface area contributed by atoms with E-state index in [-0.39, 0.29) is 0 Å². The normalized spacial score (nSPS) is 13.9. The van der Waals surface area contributed by atoms with E-state index in [1.807, 2.05) is 0 Å². The second kappa shape index (κ2) is 8.06. The van der Waals surface area contributed by atoms with Crippen molar-refractivity contribution in [2.75, 3.05) is 0 Å². The molecule has 1 heterocycles. The smallest absolute Gasteiger partial charge is 0.140 e. The summed E-state index contributed by atoms with van der Waals surface area (Å²) in [5, 5.41) is 2.30. The Morgan fingerprint density at radius 3 is 1.70 bits per heavy atom. The maximum absolute atomic E-state index is 6.84. The van der Waals surface area contributed by atoms with Gasteiger partial charge in [-0.2, -0.15) is 0 Å². The van der Waals surface area contributed by atoms with E-state index < -0.39 is 5.41 Å². The number of furan rings is 1. The fourth-order valence-corrected chi connectivity index (χ4v) is 8.07. The minimum absolute atomic E-state index is 0.601. The quantitative estimate of drug-likeness (QED) is 0.161. The molecular formula is C37H20Br2O. The van der Waals surface area contributed by atoms with E-state index in [1.54, 1.807) is 0 Å². The summed E-state index contributed by atoms with van der Waals surface area (Å²) < 4.78 is 8.96. The van der Waals surface area contributed by atoms with Gasteiger partial charge in [0.15, 0.2) is 0 Å². The molecule has 2 aliphatic carbocycles. The molecule has 6 aromatic carbocycles. The van der Waals surface area contributed by atoms with Crippen molar-refractivity contribution in [3.8, 4) is 33.4 Å². The Morgan fingerprint density at radius 1 is 0.450 bits per heavy atom. The number of hydrogen-bond donors (Lipinski definition) is 0. The van der Waals surface area contributed by atoms with Gasteiger partial charge in [-0.25, -0.2) is 0 Å². The van der Waals surface area contributed by atoms with Crippen LogP contribution in [0.3, 0.4) is 0 Å². The van der Waals surface area contributed by atoms with Crippen molar-refractivity contribution in [1.82, 2.24) is 0 Å². The van der Waals surface area contributed by atoms with Crippen LogP contribution in [-0.4, -0.2) is 0 Å². The van der Waals surface area contributed by atoms with Gasteiger partial charge in [0.25, 0.3) is 0 Å². The van der Waals surface area contributed by atoms with Gasteiger partial charge in [-0.15, -0.1) is 0 Å². The molecule has 1 spiro atoms. The molecule has 3 heteroatoms. The predicted octanol–water partition coefficient (Wildman–Crippen LogP) is 11.1. The Labute approximate surface area is 248 Å². The van der Waals surface area contributed by atoms with Crippen LogP contribution in [-0.2, 0) is 5.41 Å². The lowest BCUT2D eigenvalue weighted by molar-refractivity contribution is 0.650. The molecule has 0 aliphatic heterocycles. The molecule has 0 N–H and O–H groups in total. The van der Waals surface area contributed by atoms with Crippen LogP contribution in [0, 0.1) is 0 Å². The highest BCUT2D eigenvalue weighted by atomic mass is 79.9. The number of benzene rings is 6. The van der Waals surface area contributed by atoms with Crippen LogP contribution in [0.1, 0.15) is 22.3 Å². The maximum Gasteiger partial charge on any atom is 0.140 e.